The van der Waals surface area contributed by atoms with E-state index in [-0.39, 0.29) is 52.0 Å². The van der Waals surface area contributed by atoms with Gasteiger partial charge < -0.3 is 45.9 Å². The lowest BCUT2D eigenvalue weighted by Gasteiger charge is -2.29. The first-order valence-electron chi connectivity index (χ1n) is 20.6. The number of methoxy groups -OCH3 is 1. The molecule has 346 valence electrons. The van der Waals surface area contributed by atoms with Gasteiger partial charge in [-0.3, -0.25) is 19.2 Å². The van der Waals surface area contributed by atoms with Gasteiger partial charge in [0.15, 0.2) is 5.03 Å². The van der Waals surface area contributed by atoms with Crippen LogP contribution in [0.3, 0.4) is 0 Å². The van der Waals surface area contributed by atoms with E-state index in [1.165, 1.54) is 7.11 Å². The van der Waals surface area contributed by atoms with Gasteiger partial charge in [-0.1, -0.05) is 106 Å². The van der Waals surface area contributed by atoms with Gasteiger partial charge in [-0.25, -0.2) is 24.7 Å². The predicted octanol–water partition coefficient (Wildman–Crippen LogP) is 3.20. The summed E-state index contributed by atoms with van der Waals surface area (Å²) >= 11 is 0. The summed E-state index contributed by atoms with van der Waals surface area (Å²) in [5, 5.41) is 20.3. The molecule has 0 aromatic heterocycles. The smallest absolute Gasteiger partial charge is 0.408 e. The molecule has 4 amide bonds. The maximum atomic E-state index is 13.9. The van der Waals surface area contributed by atoms with Gasteiger partial charge >= 0.3 is 18.0 Å². The second-order valence-electron chi connectivity index (χ2n) is 15.2. The molecule has 0 saturated carbocycles. The number of hydrogen-bond donors (Lipinski definition) is 6. The van der Waals surface area contributed by atoms with Gasteiger partial charge in [-0.15, -0.1) is 0 Å². The number of nitro groups is 1. The van der Waals surface area contributed by atoms with Crippen LogP contribution in [-0.2, 0) is 58.0 Å². The van der Waals surface area contributed by atoms with Crippen LogP contribution in [0.15, 0.2) is 89.9 Å². The van der Waals surface area contributed by atoms with Crippen LogP contribution in [-0.4, -0.2) is 84.6 Å². The van der Waals surface area contributed by atoms with Crippen molar-refractivity contribution in [1.29, 1.82) is 0 Å². The van der Waals surface area contributed by atoms with Crippen LogP contribution >= 0.6 is 0 Å². The van der Waals surface area contributed by atoms with Crippen LogP contribution in [0.2, 0.25) is 0 Å². The van der Waals surface area contributed by atoms with E-state index in [2.05, 4.69) is 26.3 Å². The molecule has 20 nitrogen and oxygen atoms in total. The Balaban J connectivity index is 1.73. The fraction of sp³-hybridized carbons (Fsp3) is 0.432. The summed E-state index contributed by atoms with van der Waals surface area (Å²) in [6.45, 7) is 6.39. The molecule has 0 aliphatic carbocycles. The van der Waals surface area contributed by atoms with E-state index in [9.17, 15) is 38.9 Å². The first-order valence-corrected chi connectivity index (χ1v) is 20.6. The van der Waals surface area contributed by atoms with Crippen molar-refractivity contribution in [3.8, 4) is 5.75 Å². The Morgan fingerprint density at radius 1 is 0.656 bits per heavy atom. The molecule has 0 aliphatic rings. The number of alkyl carbamates (subject to hydrolysis) is 1. The highest BCUT2D eigenvalue weighted by Crippen LogP contribution is 2.14. The number of hydrogen-bond acceptors (Lipinski definition) is 13. The van der Waals surface area contributed by atoms with Crippen molar-refractivity contribution >= 4 is 41.7 Å². The highest BCUT2D eigenvalue weighted by atomic mass is 16.7. The average molecular weight is 891 g/mol. The van der Waals surface area contributed by atoms with Crippen LogP contribution in [0.1, 0.15) is 70.1 Å². The normalized spacial score (nSPS) is 13.0. The number of carbonyl (C=O) groups is 6. The summed E-state index contributed by atoms with van der Waals surface area (Å²) in [5.41, 5.74) is 9.32. The van der Waals surface area contributed by atoms with Crippen LogP contribution < -0.4 is 37.2 Å². The topological polar surface area (TPSA) is 281 Å². The van der Waals surface area contributed by atoms with E-state index in [0.717, 1.165) is 5.56 Å². The van der Waals surface area contributed by atoms with Crippen molar-refractivity contribution < 1.29 is 52.7 Å². The number of rotatable bonds is 25. The van der Waals surface area contributed by atoms with Crippen molar-refractivity contribution in [3.63, 3.8) is 0 Å². The fourth-order valence-electron chi connectivity index (χ4n) is 5.93. The Kier molecular flexibility index (Phi) is 21.5. The average Bonchev–Trinajstić information content (AvgIpc) is 3.27. The van der Waals surface area contributed by atoms with E-state index in [1.54, 1.807) is 112 Å². The molecular weight excluding hydrogens is 833 g/mol. The Labute approximate surface area is 371 Å². The van der Waals surface area contributed by atoms with Crippen LogP contribution in [0.25, 0.3) is 0 Å². The van der Waals surface area contributed by atoms with Gasteiger partial charge in [0.1, 0.15) is 49.7 Å². The van der Waals surface area contributed by atoms with Gasteiger partial charge in [0.05, 0.1) is 7.11 Å². The second-order valence-corrected chi connectivity index (χ2v) is 15.2. The van der Waals surface area contributed by atoms with E-state index in [4.69, 9.17) is 24.7 Å². The van der Waals surface area contributed by atoms with Crippen LogP contribution in [0.4, 0.5) is 4.79 Å². The number of ether oxygens (including phenoxy) is 4. The van der Waals surface area contributed by atoms with Crippen molar-refractivity contribution in [1.82, 2.24) is 26.7 Å². The lowest BCUT2D eigenvalue weighted by Crippen LogP contribution is -2.60. The third-order valence-corrected chi connectivity index (χ3v) is 9.47. The number of nitrogens with zero attached hydrogens (tertiary/aromatic N) is 2. The molecule has 0 fully saturated rings. The molecule has 0 radical (unpaired) electrons. The molecule has 4 atom stereocenters. The molecule has 7 N–H and O–H groups in total. The maximum Gasteiger partial charge on any atom is 0.408 e. The monoisotopic (exact) mass is 890 g/mol. The van der Waals surface area contributed by atoms with E-state index >= 15 is 0 Å². The number of nitrogens with one attached hydrogen (secondary N) is 5. The number of carbonyl (C=O) groups excluding carboxylic acids is 6. The van der Waals surface area contributed by atoms with Gasteiger partial charge in [-0.2, -0.15) is 0 Å². The minimum Gasteiger partial charge on any atom is -0.497 e. The van der Waals surface area contributed by atoms with Crippen LogP contribution in [0, 0.1) is 22.0 Å². The zero-order valence-corrected chi connectivity index (χ0v) is 36.6. The summed E-state index contributed by atoms with van der Waals surface area (Å²) in [7, 11) is 1.51. The molecule has 0 aliphatic heterocycles. The molecule has 64 heavy (non-hydrogen) atoms. The summed E-state index contributed by atoms with van der Waals surface area (Å²) < 4.78 is 21.4. The Morgan fingerprint density at radius 2 is 1.17 bits per heavy atom. The molecule has 0 saturated heterocycles. The van der Waals surface area contributed by atoms with Gasteiger partial charge in [-0.05, 0) is 59.9 Å². The zero-order valence-electron chi connectivity index (χ0n) is 36.6. The molecule has 3 aromatic carbocycles. The molecule has 20 heteroatoms. The number of aliphatic imine (C=N–C) groups is 1. The van der Waals surface area contributed by atoms with E-state index in [0.29, 0.717) is 16.9 Å². The SMILES string of the molecule is COc1ccc(COC(=O)N[C@@H](CCCN=C(N)N[N+](=O)[O-])C(=O)N[C@H](C(=O)N[C@H](C(=O)N[C@@H](CCC(=O)OCc2ccccc2)C(=O)OCc2ccccc2)C(C)C)C(C)C)cc1. The van der Waals surface area contributed by atoms with Crippen molar-refractivity contribution in [3.05, 3.63) is 112 Å². The molecule has 3 aromatic rings. The molecule has 3 rings (SSSR count). The van der Waals surface area contributed by atoms with Crippen LogP contribution in [0.5, 0.6) is 5.75 Å². The number of nitrogens with two attached hydrogens (primary N) is 1. The number of esters is 2. The lowest BCUT2D eigenvalue weighted by molar-refractivity contribution is -0.525. The Hall–Kier alpha value is -7.25. The fourth-order valence-corrected chi connectivity index (χ4v) is 5.93. The van der Waals surface area contributed by atoms with Crippen molar-refractivity contribution in [2.75, 3.05) is 13.7 Å². The number of amides is 4. The van der Waals surface area contributed by atoms with Crippen molar-refractivity contribution in [2.45, 2.75) is 97.4 Å². The molecule has 0 heterocycles. The molecule has 0 unspecified atom stereocenters. The summed E-state index contributed by atoms with van der Waals surface area (Å²) in [6, 6.07) is 19.6. The molecular formula is C44H58N8O12. The minimum absolute atomic E-state index is 0.0169. The van der Waals surface area contributed by atoms with Gasteiger partial charge in [0.2, 0.25) is 17.7 Å². The number of benzene rings is 3. The largest absolute Gasteiger partial charge is 0.497 e. The third-order valence-electron chi connectivity index (χ3n) is 9.47. The summed E-state index contributed by atoms with van der Waals surface area (Å²) in [5.74, 6) is -4.61. The first kappa shape index (κ1) is 51.1. The summed E-state index contributed by atoms with van der Waals surface area (Å²) in [6.07, 6.45) is -1.29. The first-order chi connectivity index (χ1) is 30.6. The highest BCUT2D eigenvalue weighted by molar-refractivity contribution is 5.95. The maximum absolute atomic E-state index is 13.9. The van der Waals surface area contributed by atoms with Crippen molar-refractivity contribution in [2.24, 2.45) is 22.6 Å². The predicted molar refractivity (Wildman–Crippen MR) is 233 cm³/mol. The highest BCUT2D eigenvalue weighted by Gasteiger charge is 2.34. The quantitative estimate of drug-likeness (QED) is 0.0136. The zero-order chi connectivity index (χ0) is 47.0. The molecule has 0 spiro atoms. The number of guanidine groups is 1. The lowest BCUT2D eigenvalue weighted by atomic mass is 9.98. The Bertz CT molecular complexity index is 2020. The summed E-state index contributed by atoms with van der Waals surface area (Å²) in [4.78, 5) is 95.2. The van der Waals surface area contributed by atoms with E-state index < -0.39 is 82.7 Å². The second kappa shape index (κ2) is 26.9. The molecule has 0 bridgehead atoms. The standard InChI is InChI=1S/C44H58N8O12/c1-28(2)37(40(55)47-35(42(57)63-26-31-15-10-7-11-16-31)22-23-36(53)62-25-30-13-8-6-9-14-30)50-41(56)38(29(3)4)49-39(54)34(17-12-24-46-43(45)51-52(59)60)48-44(58)64-27-32-18-20-33(61-5)21-19-32/h6-11,13-16,18-21,28-29,34-35,37-38H,12,17,22-27H2,1-5H3,(H,47,55)(H,48,58)(H,49,54)(H,50,56)(H3,45,46,51)/t34-,35-,37-,38-/m0/s1. The van der Waals surface area contributed by atoms with E-state index in [1.807, 2.05) is 6.07 Å². The minimum atomic E-state index is -1.30. The Morgan fingerprint density at radius 3 is 1.72 bits per heavy atom. The van der Waals surface area contributed by atoms with Gasteiger partial charge in [0, 0.05) is 13.0 Å². The third kappa shape index (κ3) is 18.8. The number of hydrazine groups is 1. The van der Waals surface area contributed by atoms with Gasteiger partial charge in [0.25, 0.3) is 5.96 Å².